The predicted molar refractivity (Wildman–Crippen MR) is 87.1 cm³/mol. The summed E-state index contributed by atoms with van der Waals surface area (Å²) in [7, 11) is 0. The van der Waals surface area contributed by atoms with Crippen molar-refractivity contribution < 1.29 is 4.79 Å². The van der Waals surface area contributed by atoms with E-state index in [2.05, 4.69) is 37.4 Å². The van der Waals surface area contributed by atoms with Gasteiger partial charge in [-0.25, -0.2) is 0 Å². The van der Waals surface area contributed by atoms with Crippen molar-refractivity contribution in [1.82, 2.24) is 10.2 Å². The molecule has 1 aromatic rings. The van der Waals surface area contributed by atoms with Crippen LogP contribution in [0.4, 0.5) is 0 Å². The first-order chi connectivity index (χ1) is 10.2. The van der Waals surface area contributed by atoms with Crippen molar-refractivity contribution >= 4 is 5.91 Å². The molecule has 21 heavy (non-hydrogen) atoms. The minimum absolute atomic E-state index is 0.305. The van der Waals surface area contributed by atoms with E-state index in [-0.39, 0.29) is 0 Å². The summed E-state index contributed by atoms with van der Waals surface area (Å²) >= 11 is 0. The first-order valence-electron chi connectivity index (χ1n) is 8.23. The Kier molecular flexibility index (Phi) is 6.24. The third-order valence-electron chi connectivity index (χ3n) is 4.58. The number of carbonyl (C=O) groups is 1. The number of hydrogen-bond donors (Lipinski definition) is 1. The minimum Gasteiger partial charge on any atom is -0.339 e. The number of hydrogen-bond acceptors (Lipinski definition) is 2. The topological polar surface area (TPSA) is 32.3 Å². The summed E-state index contributed by atoms with van der Waals surface area (Å²) < 4.78 is 0. The number of benzene rings is 1. The fraction of sp³-hybridized carbons (Fsp3) is 0.611. The fourth-order valence-electron chi connectivity index (χ4n) is 3.03. The molecule has 1 aliphatic rings. The Hall–Kier alpha value is -1.35. The van der Waals surface area contributed by atoms with Crippen molar-refractivity contribution in [3.05, 3.63) is 35.4 Å². The van der Waals surface area contributed by atoms with Gasteiger partial charge in [0, 0.05) is 19.5 Å². The molecule has 0 spiro atoms. The van der Waals surface area contributed by atoms with Crippen molar-refractivity contribution in [2.24, 2.45) is 5.92 Å². The minimum atomic E-state index is 0.305. The van der Waals surface area contributed by atoms with Gasteiger partial charge in [-0.2, -0.15) is 0 Å². The van der Waals surface area contributed by atoms with E-state index < -0.39 is 0 Å². The van der Waals surface area contributed by atoms with E-state index in [1.165, 1.54) is 24.0 Å². The number of amides is 1. The van der Waals surface area contributed by atoms with E-state index in [9.17, 15) is 4.79 Å². The highest BCUT2D eigenvalue weighted by molar-refractivity contribution is 5.76. The van der Waals surface area contributed by atoms with Gasteiger partial charge in [0.15, 0.2) is 0 Å². The zero-order valence-corrected chi connectivity index (χ0v) is 13.4. The van der Waals surface area contributed by atoms with Crippen LogP contribution in [0.2, 0.25) is 0 Å². The van der Waals surface area contributed by atoms with Gasteiger partial charge in [-0.05, 0) is 63.2 Å². The molecule has 1 saturated heterocycles. The van der Waals surface area contributed by atoms with Crippen molar-refractivity contribution in [2.45, 2.75) is 46.1 Å². The molecule has 0 unspecified atom stereocenters. The third-order valence-corrected chi connectivity index (χ3v) is 4.58. The van der Waals surface area contributed by atoms with Crippen molar-refractivity contribution in [3.63, 3.8) is 0 Å². The Morgan fingerprint density at radius 2 is 2.00 bits per heavy atom. The quantitative estimate of drug-likeness (QED) is 0.872. The van der Waals surface area contributed by atoms with Crippen molar-refractivity contribution in [2.75, 3.05) is 19.6 Å². The SMILES string of the molecule is CCN(Cc1ccccc1C)C(=O)CCC1CCNCC1. The molecule has 0 saturated carbocycles. The van der Waals surface area contributed by atoms with Gasteiger partial charge in [-0.1, -0.05) is 24.3 Å². The molecular formula is C18H28N2O. The summed E-state index contributed by atoms with van der Waals surface area (Å²) in [6, 6.07) is 8.34. The first-order valence-corrected chi connectivity index (χ1v) is 8.23. The molecule has 0 atom stereocenters. The lowest BCUT2D eigenvalue weighted by atomic mass is 9.93. The van der Waals surface area contributed by atoms with E-state index in [4.69, 9.17) is 0 Å². The number of carbonyl (C=O) groups excluding carboxylic acids is 1. The van der Waals surface area contributed by atoms with Gasteiger partial charge in [0.2, 0.25) is 5.91 Å². The molecule has 3 nitrogen and oxygen atoms in total. The third kappa shape index (κ3) is 4.85. The Morgan fingerprint density at radius 3 is 2.67 bits per heavy atom. The number of rotatable bonds is 6. The fourth-order valence-corrected chi connectivity index (χ4v) is 3.03. The van der Waals surface area contributed by atoms with Crippen LogP contribution in [-0.2, 0) is 11.3 Å². The van der Waals surface area contributed by atoms with Crippen LogP contribution in [0, 0.1) is 12.8 Å². The standard InChI is InChI=1S/C18H28N2O/c1-3-20(14-17-7-5-4-6-15(17)2)18(21)9-8-16-10-12-19-13-11-16/h4-7,16,19H,3,8-14H2,1-2H3. The van der Waals surface area contributed by atoms with Crippen LogP contribution in [0.15, 0.2) is 24.3 Å². The lowest BCUT2D eigenvalue weighted by Gasteiger charge is -2.25. The van der Waals surface area contributed by atoms with Gasteiger partial charge in [-0.15, -0.1) is 0 Å². The molecule has 0 bridgehead atoms. The molecule has 116 valence electrons. The lowest BCUT2D eigenvalue weighted by Crippen LogP contribution is -2.32. The van der Waals surface area contributed by atoms with Gasteiger partial charge in [0.1, 0.15) is 0 Å². The van der Waals surface area contributed by atoms with E-state index in [0.29, 0.717) is 12.3 Å². The monoisotopic (exact) mass is 288 g/mol. The largest absolute Gasteiger partial charge is 0.339 e. The van der Waals surface area contributed by atoms with Gasteiger partial charge in [0.25, 0.3) is 0 Å². The zero-order valence-electron chi connectivity index (χ0n) is 13.4. The van der Waals surface area contributed by atoms with Crippen LogP contribution in [0.1, 0.15) is 43.7 Å². The average Bonchev–Trinajstić information content (AvgIpc) is 2.53. The maximum absolute atomic E-state index is 12.4. The van der Waals surface area contributed by atoms with Crippen LogP contribution in [0.25, 0.3) is 0 Å². The van der Waals surface area contributed by atoms with Crippen LogP contribution < -0.4 is 5.32 Å². The predicted octanol–water partition coefficient (Wildman–Crippen LogP) is 3.12. The Labute approximate surface area is 128 Å². The Morgan fingerprint density at radius 1 is 1.29 bits per heavy atom. The van der Waals surface area contributed by atoms with E-state index >= 15 is 0 Å². The molecule has 1 fully saturated rings. The second-order valence-electron chi connectivity index (χ2n) is 6.07. The summed E-state index contributed by atoms with van der Waals surface area (Å²) in [6.07, 6.45) is 4.18. The van der Waals surface area contributed by atoms with Crippen LogP contribution in [-0.4, -0.2) is 30.4 Å². The van der Waals surface area contributed by atoms with E-state index in [1.807, 2.05) is 11.0 Å². The molecule has 0 aromatic heterocycles. The summed E-state index contributed by atoms with van der Waals surface area (Å²) in [5.41, 5.74) is 2.52. The van der Waals surface area contributed by atoms with Crippen molar-refractivity contribution in [1.29, 1.82) is 0 Å². The summed E-state index contributed by atoms with van der Waals surface area (Å²) in [5.74, 6) is 1.03. The normalized spacial score (nSPS) is 15.9. The Balaban J connectivity index is 1.85. The van der Waals surface area contributed by atoms with Gasteiger partial charge in [0.05, 0.1) is 0 Å². The number of nitrogens with one attached hydrogen (secondary N) is 1. The summed E-state index contributed by atoms with van der Waals surface area (Å²) in [4.78, 5) is 14.4. The lowest BCUT2D eigenvalue weighted by molar-refractivity contribution is -0.132. The van der Waals surface area contributed by atoms with Gasteiger partial charge in [-0.3, -0.25) is 4.79 Å². The molecular weight excluding hydrogens is 260 g/mol. The number of nitrogens with zero attached hydrogens (tertiary/aromatic N) is 1. The van der Waals surface area contributed by atoms with Crippen LogP contribution >= 0.6 is 0 Å². The maximum atomic E-state index is 12.4. The highest BCUT2D eigenvalue weighted by Crippen LogP contribution is 2.19. The molecule has 2 rings (SSSR count). The highest BCUT2D eigenvalue weighted by Gasteiger charge is 2.17. The maximum Gasteiger partial charge on any atom is 0.222 e. The van der Waals surface area contributed by atoms with Crippen LogP contribution in [0.3, 0.4) is 0 Å². The summed E-state index contributed by atoms with van der Waals surface area (Å²) in [5, 5.41) is 3.38. The molecule has 1 aliphatic heterocycles. The molecule has 3 heteroatoms. The highest BCUT2D eigenvalue weighted by atomic mass is 16.2. The second kappa shape index (κ2) is 8.18. The van der Waals surface area contributed by atoms with Gasteiger partial charge >= 0.3 is 0 Å². The smallest absolute Gasteiger partial charge is 0.222 e. The van der Waals surface area contributed by atoms with E-state index in [1.54, 1.807) is 0 Å². The zero-order chi connectivity index (χ0) is 15.1. The van der Waals surface area contributed by atoms with E-state index in [0.717, 1.165) is 38.5 Å². The number of piperidine rings is 1. The van der Waals surface area contributed by atoms with Gasteiger partial charge < -0.3 is 10.2 Å². The molecule has 0 aliphatic carbocycles. The first kappa shape index (κ1) is 16.0. The molecule has 1 amide bonds. The Bertz CT molecular complexity index is 452. The van der Waals surface area contributed by atoms with Crippen molar-refractivity contribution in [3.8, 4) is 0 Å². The molecule has 0 radical (unpaired) electrons. The second-order valence-corrected chi connectivity index (χ2v) is 6.07. The summed E-state index contributed by atoms with van der Waals surface area (Å²) in [6.45, 7) is 7.94. The molecule has 1 heterocycles. The molecule has 1 aromatic carbocycles. The van der Waals surface area contributed by atoms with Crippen LogP contribution in [0.5, 0.6) is 0 Å². The molecule has 1 N–H and O–H groups in total. The average molecular weight is 288 g/mol. The number of aryl methyl sites for hydroxylation is 1.